The summed E-state index contributed by atoms with van der Waals surface area (Å²) >= 11 is 0. The van der Waals surface area contributed by atoms with Crippen LogP contribution in [0.3, 0.4) is 0 Å². The zero-order chi connectivity index (χ0) is 24.9. The fourth-order valence-electron chi connectivity index (χ4n) is 4.25. The summed E-state index contributed by atoms with van der Waals surface area (Å²) in [5.41, 5.74) is 3.57. The van der Waals surface area contributed by atoms with Crippen LogP contribution in [0, 0.1) is 0 Å². The Hall–Kier alpha value is -3.97. The average Bonchev–Trinajstić information content (AvgIpc) is 3.12. The first-order chi connectivity index (χ1) is 16.9. The quantitative estimate of drug-likeness (QED) is 0.462. The van der Waals surface area contributed by atoms with Gasteiger partial charge in [-0.25, -0.2) is 0 Å². The van der Waals surface area contributed by atoms with E-state index in [1.54, 1.807) is 42.5 Å². The summed E-state index contributed by atoms with van der Waals surface area (Å²) in [6.45, 7) is 7.01. The van der Waals surface area contributed by atoms with Gasteiger partial charge in [-0.2, -0.15) is 0 Å². The van der Waals surface area contributed by atoms with Crippen LogP contribution in [0.4, 0.5) is 5.69 Å². The maximum absolute atomic E-state index is 13.2. The van der Waals surface area contributed by atoms with Gasteiger partial charge in [-0.1, -0.05) is 44.2 Å². The summed E-state index contributed by atoms with van der Waals surface area (Å²) in [4.78, 5) is 42.2. The molecule has 3 aromatic rings. The van der Waals surface area contributed by atoms with Crippen LogP contribution in [0.25, 0.3) is 0 Å². The molecular weight excluding hydrogens is 442 g/mol. The van der Waals surface area contributed by atoms with Crippen LogP contribution in [0.5, 0.6) is 5.75 Å². The van der Waals surface area contributed by atoms with Crippen LogP contribution in [-0.2, 0) is 13.1 Å². The Balaban J connectivity index is 1.53. The molecule has 0 saturated carbocycles. The van der Waals surface area contributed by atoms with E-state index in [1.807, 2.05) is 24.3 Å². The number of imide groups is 1. The number of nitrogens with one attached hydrogen (secondary N) is 1. The van der Waals surface area contributed by atoms with Crippen LogP contribution >= 0.6 is 0 Å². The second-order valence-electron chi connectivity index (χ2n) is 8.39. The maximum atomic E-state index is 13.2. The Morgan fingerprint density at radius 1 is 0.886 bits per heavy atom. The number of carbonyl (C=O) groups is 3. The lowest BCUT2D eigenvalue weighted by molar-refractivity contribution is 0.0642. The molecule has 0 fully saturated rings. The number of benzene rings is 3. The third-order valence-electron chi connectivity index (χ3n) is 6.21. The molecule has 0 aliphatic carbocycles. The SMILES string of the molecule is CCN(CC)Cc1cccc(NC(=O)c2cc(CN3C(=O)c4ccccc4C3=O)ccc2OC)c1. The first-order valence-corrected chi connectivity index (χ1v) is 11.7. The van der Waals surface area contributed by atoms with Crippen molar-refractivity contribution in [2.45, 2.75) is 26.9 Å². The van der Waals surface area contributed by atoms with Gasteiger partial charge in [-0.15, -0.1) is 0 Å². The molecule has 7 nitrogen and oxygen atoms in total. The van der Waals surface area contributed by atoms with E-state index >= 15 is 0 Å². The minimum absolute atomic E-state index is 0.0655. The molecule has 35 heavy (non-hydrogen) atoms. The molecule has 1 aliphatic rings. The molecule has 4 rings (SSSR count). The highest BCUT2D eigenvalue weighted by Crippen LogP contribution is 2.27. The molecule has 0 aromatic heterocycles. The van der Waals surface area contributed by atoms with E-state index in [9.17, 15) is 14.4 Å². The van der Waals surface area contributed by atoms with Gasteiger partial charge in [0.15, 0.2) is 0 Å². The Bertz CT molecular complexity index is 1230. The molecule has 3 amide bonds. The van der Waals surface area contributed by atoms with E-state index in [0.29, 0.717) is 33.7 Å². The molecule has 1 heterocycles. The van der Waals surface area contributed by atoms with E-state index in [2.05, 4.69) is 24.1 Å². The van der Waals surface area contributed by atoms with Crippen LogP contribution in [0.1, 0.15) is 56.0 Å². The number of fused-ring (bicyclic) bond motifs is 1. The molecule has 0 radical (unpaired) electrons. The normalized spacial score (nSPS) is 12.7. The topological polar surface area (TPSA) is 79.0 Å². The molecule has 0 spiro atoms. The van der Waals surface area contributed by atoms with Crippen LogP contribution in [0.15, 0.2) is 66.7 Å². The van der Waals surface area contributed by atoms with Crippen molar-refractivity contribution in [2.75, 3.05) is 25.5 Å². The fourth-order valence-corrected chi connectivity index (χ4v) is 4.25. The lowest BCUT2D eigenvalue weighted by atomic mass is 10.1. The van der Waals surface area contributed by atoms with Crippen molar-refractivity contribution in [3.63, 3.8) is 0 Å². The van der Waals surface area contributed by atoms with E-state index in [0.717, 1.165) is 25.2 Å². The number of amides is 3. The van der Waals surface area contributed by atoms with Crippen molar-refractivity contribution >= 4 is 23.4 Å². The van der Waals surface area contributed by atoms with Gasteiger partial charge in [0, 0.05) is 12.2 Å². The number of hydrogen-bond donors (Lipinski definition) is 1. The largest absolute Gasteiger partial charge is 0.496 e. The zero-order valence-corrected chi connectivity index (χ0v) is 20.2. The van der Waals surface area contributed by atoms with E-state index in [1.165, 1.54) is 12.0 Å². The number of carbonyl (C=O) groups excluding carboxylic acids is 3. The summed E-state index contributed by atoms with van der Waals surface area (Å²) in [6.07, 6.45) is 0. The number of methoxy groups -OCH3 is 1. The van der Waals surface area contributed by atoms with Crippen molar-refractivity contribution < 1.29 is 19.1 Å². The highest BCUT2D eigenvalue weighted by molar-refractivity contribution is 6.21. The van der Waals surface area contributed by atoms with E-state index in [4.69, 9.17) is 4.74 Å². The summed E-state index contributed by atoms with van der Waals surface area (Å²) in [5.74, 6) is -0.589. The molecule has 1 N–H and O–H groups in total. The van der Waals surface area contributed by atoms with Gasteiger partial charge >= 0.3 is 0 Å². The Morgan fingerprint density at radius 2 is 1.57 bits per heavy atom. The van der Waals surface area contributed by atoms with Gasteiger partial charge in [0.05, 0.1) is 30.3 Å². The van der Waals surface area contributed by atoms with Crippen LogP contribution in [0.2, 0.25) is 0 Å². The highest BCUT2D eigenvalue weighted by Gasteiger charge is 2.35. The Morgan fingerprint density at radius 3 is 2.20 bits per heavy atom. The molecular formula is C28H29N3O4. The summed E-state index contributed by atoms with van der Waals surface area (Å²) in [6, 6.07) is 19.6. The van der Waals surface area contributed by atoms with E-state index < -0.39 is 0 Å². The molecule has 1 aliphatic heterocycles. The van der Waals surface area contributed by atoms with Crippen LogP contribution < -0.4 is 10.1 Å². The Kier molecular flexibility index (Phi) is 7.27. The first kappa shape index (κ1) is 24.2. The average molecular weight is 472 g/mol. The zero-order valence-electron chi connectivity index (χ0n) is 20.2. The molecule has 0 unspecified atom stereocenters. The summed E-state index contributed by atoms with van der Waals surface area (Å²) in [5, 5.41) is 2.95. The molecule has 0 saturated heterocycles. The minimum atomic E-state index is -0.336. The second kappa shape index (κ2) is 10.5. The van der Waals surface area contributed by atoms with Gasteiger partial charge in [0.2, 0.25) is 0 Å². The lowest BCUT2D eigenvalue weighted by Gasteiger charge is -2.18. The van der Waals surface area contributed by atoms with Gasteiger partial charge < -0.3 is 10.1 Å². The Labute approximate surface area is 205 Å². The van der Waals surface area contributed by atoms with Crippen molar-refractivity contribution in [3.05, 3.63) is 94.5 Å². The van der Waals surface area contributed by atoms with Gasteiger partial charge in [0.25, 0.3) is 17.7 Å². The highest BCUT2D eigenvalue weighted by atomic mass is 16.5. The molecule has 0 bridgehead atoms. The number of ether oxygens (including phenoxy) is 1. The maximum Gasteiger partial charge on any atom is 0.261 e. The summed E-state index contributed by atoms with van der Waals surface area (Å²) in [7, 11) is 1.50. The van der Waals surface area contributed by atoms with Crippen molar-refractivity contribution in [1.29, 1.82) is 0 Å². The van der Waals surface area contributed by atoms with E-state index in [-0.39, 0.29) is 24.3 Å². The van der Waals surface area contributed by atoms with Gasteiger partial charge in [-0.3, -0.25) is 24.2 Å². The number of rotatable bonds is 9. The monoisotopic (exact) mass is 471 g/mol. The third-order valence-corrected chi connectivity index (χ3v) is 6.21. The summed E-state index contributed by atoms with van der Waals surface area (Å²) < 4.78 is 5.41. The number of hydrogen-bond acceptors (Lipinski definition) is 5. The predicted octanol–water partition coefficient (Wildman–Crippen LogP) is 4.59. The number of anilines is 1. The third kappa shape index (κ3) is 5.10. The van der Waals surface area contributed by atoms with Crippen molar-refractivity contribution in [3.8, 4) is 5.75 Å². The van der Waals surface area contributed by atoms with Crippen molar-refractivity contribution in [2.24, 2.45) is 0 Å². The first-order valence-electron chi connectivity index (χ1n) is 11.7. The smallest absolute Gasteiger partial charge is 0.261 e. The van der Waals surface area contributed by atoms with Crippen LogP contribution in [-0.4, -0.2) is 47.7 Å². The molecule has 0 atom stereocenters. The molecule has 7 heteroatoms. The van der Waals surface area contributed by atoms with Crippen molar-refractivity contribution in [1.82, 2.24) is 9.80 Å². The lowest BCUT2D eigenvalue weighted by Crippen LogP contribution is -2.29. The molecule has 3 aromatic carbocycles. The van der Waals surface area contributed by atoms with Gasteiger partial charge in [0.1, 0.15) is 5.75 Å². The fraction of sp³-hybridized carbons (Fsp3) is 0.250. The van der Waals surface area contributed by atoms with Gasteiger partial charge in [-0.05, 0) is 60.6 Å². The predicted molar refractivity (Wildman–Crippen MR) is 135 cm³/mol. The standard InChI is InChI=1S/C28H29N3O4/c1-4-30(5-2)17-19-9-8-10-21(15-19)29-26(32)24-16-20(13-14-25(24)35-3)18-31-27(33)22-11-6-7-12-23(22)28(31)34/h6-16H,4-5,17-18H2,1-3H3,(H,29,32). The molecule has 180 valence electrons. The second-order valence-corrected chi connectivity index (χ2v) is 8.39. The number of nitrogens with zero attached hydrogens (tertiary/aromatic N) is 2. The minimum Gasteiger partial charge on any atom is -0.496 e.